The predicted octanol–water partition coefficient (Wildman–Crippen LogP) is 2.05. The summed E-state index contributed by atoms with van der Waals surface area (Å²) in [4.78, 5) is 27.2. The first-order valence-corrected chi connectivity index (χ1v) is 10.3. The van der Waals surface area contributed by atoms with Gasteiger partial charge in [-0.1, -0.05) is 0 Å². The summed E-state index contributed by atoms with van der Waals surface area (Å²) < 4.78 is 0. The van der Waals surface area contributed by atoms with Gasteiger partial charge in [0.1, 0.15) is 4.88 Å². The Labute approximate surface area is 162 Å². The first-order valence-electron chi connectivity index (χ1n) is 8.64. The number of aromatic nitrogens is 2. The van der Waals surface area contributed by atoms with Gasteiger partial charge in [0.2, 0.25) is 0 Å². The molecule has 2 aromatic rings. The molecule has 0 saturated carbocycles. The van der Waals surface area contributed by atoms with Crippen molar-refractivity contribution >= 4 is 34.5 Å². The van der Waals surface area contributed by atoms with E-state index in [1.807, 2.05) is 20.8 Å². The van der Waals surface area contributed by atoms with Crippen molar-refractivity contribution < 1.29 is 4.79 Å². The fraction of sp³-hybridized carbons (Fsp3) is 0.529. The van der Waals surface area contributed by atoms with E-state index in [0.29, 0.717) is 24.5 Å². The lowest BCUT2D eigenvalue weighted by Crippen LogP contribution is -2.41. The van der Waals surface area contributed by atoms with Crippen LogP contribution < -0.4 is 16.0 Å². The van der Waals surface area contributed by atoms with E-state index in [-0.39, 0.29) is 5.91 Å². The van der Waals surface area contributed by atoms with Gasteiger partial charge in [0.25, 0.3) is 5.91 Å². The number of nitrogens with one attached hydrogen (secondary N) is 3. The van der Waals surface area contributed by atoms with Crippen molar-refractivity contribution in [3.05, 3.63) is 31.7 Å². The smallest absolute Gasteiger partial charge is 0.263 e. The average Bonchev–Trinajstić information content (AvgIpc) is 3.17. The molecule has 0 bridgehead atoms. The van der Waals surface area contributed by atoms with E-state index < -0.39 is 0 Å². The topological polar surface area (TPSA) is 91.3 Å². The normalized spacial score (nSPS) is 11.5. The highest BCUT2D eigenvalue weighted by molar-refractivity contribution is 7.12. The van der Waals surface area contributed by atoms with Crippen molar-refractivity contribution in [1.29, 1.82) is 0 Å². The predicted molar refractivity (Wildman–Crippen MR) is 108 cm³/mol. The fourth-order valence-electron chi connectivity index (χ4n) is 2.21. The largest absolute Gasteiger partial charge is 0.357 e. The Morgan fingerprint density at radius 3 is 2.54 bits per heavy atom. The van der Waals surface area contributed by atoms with Crippen LogP contribution in [0, 0.1) is 20.8 Å². The van der Waals surface area contributed by atoms with Crippen molar-refractivity contribution in [1.82, 2.24) is 25.9 Å². The van der Waals surface area contributed by atoms with E-state index in [0.717, 1.165) is 35.3 Å². The molecule has 2 rings (SSSR count). The summed E-state index contributed by atoms with van der Waals surface area (Å²) in [6, 6.07) is 0. The third-order valence-corrected chi connectivity index (χ3v) is 5.73. The van der Waals surface area contributed by atoms with E-state index in [1.54, 1.807) is 16.8 Å². The van der Waals surface area contributed by atoms with Crippen molar-refractivity contribution in [3.8, 4) is 0 Å². The summed E-state index contributed by atoms with van der Waals surface area (Å²) in [6.45, 7) is 10.6. The second-order valence-corrected chi connectivity index (χ2v) is 7.85. The van der Waals surface area contributed by atoms with Crippen LogP contribution in [0.4, 0.5) is 0 Å². The average molecular weight is 395 g/mol. The number of rotatable bonds is 8. The van der Waals surface area contributed by atoms with Gasteiger partial charge >= 0.3 is 0 Å². The summed E-state index contributed by atoms with van der Waals surface area (Å²) in [5.41, 5.74) is 3.55. The Balaban J connectivity index is 1.74. The van der Waals surface area contributed by atoms with Gasteiger partial charge in [-0.15, -0.1) is 22.7 Å². The van der Waals surface area contributed by atoms with Crippen LogP contribution in [-0.2, 0) is 6.42 Å². The number of thiazole rings is 2. The number of hydrogen-bond acceptors (Lipinski definition) is 6. The summed E-state index contributed by atoms with van der Waals surface area (Å²) in [7, 11) is 0. The molecule has 0 aliphatic carbocycles. The van der Waals surface area contributed by atoms with Crippen LogP contribution in [0.1, 0.15) is 37.9 Å². The molecule has 0 radical (unpaired) electrons. The monoisotopic (exact) mass is 394 g/mol. The first-order chi connectivity index (χ1) is 12.5. The SMILES string of the molecule is CCNC(=NCCc1nc(C)c(C)s1)NCCNC(=O)c1scnc1C. The minimum absolute atomic E-state index is 0.0803. The molecule has 0 aromatic carbocycles. The molecule has 1 amide bonds. The Hall–Kier alpha value is -2.00. The molecule has 2 aromatic heterocycles. The quantitative estimate of drug-likeness (QED) is 0.362. The van der Waals surface area contributed by atoms with Crippen molar-refractivity contribution in [2.45, 2.75) is 34.1 Å². The molecule has 0 fully saturated rings. The number of aliphatic imine (C=N–C) groups is 1. The maximum atomic E-state index is 12.0. The number of nitrogens with zero attached hydrogens (tertiary/aromatic N) is 3. The van der Waals surface area contributed by atoms with Gasteiger partial charge in [-0.3, -0.25) is 9.79 Å². The third kappa shape index (κ3) is 6.06. The lowest BCUT2D eigenvalue weighted by Gasteiger charge is -2.11. The van der Waals surface area contributed by atoms with Gasteiger partial charge in [-0.25, -0.2) is 9.97 Å². The summed E-state index contributed by atoms with van der Waals surface area (Å²) in [5.74, 6) is 0.670. The second-order valence-electron chi connectivity index (χ2n) is 5.71. The van der Waals surface area contributed by atoms with Gasteiger partial charge in [0.05, 0.1) is 21.9 Å². The molecule has 0 unspecified atom stereocenters. The summed E-state index contributed by atoms with van der Waals surface area (Å²) in [6.07, 6.45) is 0.831. The zero-order chi connectivity index (χ0) is 18.9. The molecule has 9 heteroatoms. The van der Waals surface area contributed by atoms with Gasteiger partial charge in [0.15, 0.2) is 5.96 Å². The number of aryl methyl sites for hydroxylation is 3. The zero-order valence-electron chi connectivity index (χ0n) is 15.7. The lowest BCUT2D eigenvalue weighted by atomic mass is 10.4. The molecule has 142 valence electrons. The fourth-order valence-corrected chi connectivity index (χ4v) is 3.85. The van der Waals surface area contributed by atoms with Gasteiger partial charge in [-0.2, -0.15) is 0 Å². The molecule has 0 spiro atoms. The maximum absolute atomic E-state index is 12.0. The number of amides is 1. The minimum Gasteiger partial charge on any atom is -0.357 e. The number of hydrogen-bond donors (Lipinski definition) is 3. The Morgan fingerprint density at radius 2 is 1.92 bits per heavy atom. The Bertz CT molecular complexity index is 733. The lowest BCUT2D eigenvalue weighted by molar-refractivity contribution is 0.0957. The van der Waals surface area contributed by atoms with E-state index in [4.69, 9.17) is 0 Å². The highest BCUT2D eigenvalue weighted by Gasteiger charge is 2.10. The van der Waals surface area contributed by atoms with Crippen LogP contribution in [-0.4, -0.2) is 48.0 Å². The molecule has 3 N–H and O–H groups in total. The van der Waals surface area contributed by atoms with Gasteiger partial charge < -0.3 is 16.0 Å². The van der Waals surface area contributed by atoms with Gasteiger partial charge in [0, 0.05) is 37.5 Å². The van der Waals surface area contributed by atoms with Crippen LogP contribution in [0.3, 0.4) is 0 Å². The molecular weight excluding hydrogens is 368 g/mol. The molecule has 0 aliphatic heterocycles. The molecule has 0 atom stereocenters. The van der Waals surface area contributed by atoms with Crippen LogP contribution in [0.15, 0.2) is 10.5 Å². The minimum atomic E-state index is -0.0803. The summed E-state index contributed by atoms with van der Waals surface area (Å²) in [5, 5.41) is 10.5. The molecule has 0 saturated heterocycles. The summed E-state index contributed by atoms with van der Waals surface area (Å²) >= 11 is 3.09. The zero-order valence-corrected chi connectivity index (χ0v) is 17.3. The standard InChI is InChI=1S/C17H26N6OS2/c1-5-18-17(20-7-6-14-23-11(2)13(4)26-14)21-9-8-19-16(24)15-12(3)22-10-25-15/h10H,5-9H2,1-4H3,(H,19,24)(H2,18,20,21). The first kappa shape index (κ1) is 20.3. The van der Waals surface area contributed by atoms with E-state index >= 15 is 0 Å². The van der Waals surface area contributed by atoms with E-state index in [9.17, 15) is 4.79 Å². The highest BCUT2D eigenvalue weighted by Crippen LogP contribution is 2.16. The van der Waals surface area contributed by atoms with Crippen molar-refractivity contribution in [2.75, 3.05) is 26.2 Å². The van der Waals surface area contributed by atoms with E-state index in [1.165, 1.54) is 16.2 Å². The molecule has 2 heterocycles. The molecule has 7 nitrogen and oxygen atoms in total. The molecule has 26 heavy (non-hydrogen) atoms. The van der Waals surface area contributed by atoms with Crippen LogP contribution in [0.5, 0.6) is 0 Å². The Kier molecular flexibility index (Phi) is 7.99. The van der Waals surface area contributed by atoms with Crippen molar-refractivity contribution in [2.24, 2.45) is 4.99 Å². The third-order valence-electron chi connectivity index (χ3n) is 3.67. The number of carbonyl (C=O) groups excluding carboxylic acids is 1. The van der Waals surface area contributed by atoms with Crippen LogP contribution in [0.2, 0.25) is 0 Å². The Morgan fingerprint density at radius 1 is 1.15 bits per heavy atom. The maximum Gasteiger partial charge on any atom is 0.263 e. The number of carbonyl (C=O) groups is 1. The van der Waals surface area contributed by atoms with Gasteiger partial charge in [-0.05, 0) is 27.7 Å². The molecular formula is C17H26N6OS2. The second kappa shape index (κ2) is 10.2. The van der Waals surface area contributed by atoms with Crippen molar-refractivity contribution in [3.63, 3.8) is 0 Å². The van der Waals surface area contributed by atoms with Crippen LogP contribution >= 0.6 is 22.7 Å². The number of guanidine groups is 1. The van der Waals surface area contributed by atoms with Crippen LogP contribution in [0.25, 0.3) is 0 Å². The van der Waals surface area contributed by atoms with E-state index in [2.05, 4.69) is 37.8 Å². The highest BCUT2D eigenvalue weighted by atomic mass is 32.1. The molecule has 0 aliphatic rings.